The first-order valence-electron chi connectivity index (χ1n) is 8.07. The van der Waals surface area contributed by atoms with E-state index in [2.05, 4.69) is 26.1 Å². The average Bonchev–Trinajstić information content (AvgIpc) is 3.15. The Kier molecular flexibility index (Phi) is 4.60. The molecule has 0 radical (unpaired) electrons. The first-order chi connectivity index (χ1) is 13.1. The van der Waals surface area contributed by atoms with Crippen LogP contribution in [0.5, 0.6) is 5.75 Å². The molecule has 27 heavy (non-hydrogen) atoms. The van der Waals surface area contributed by atoms with Gasteiger partial charge in [-0.25, -0.2) is 4.79 Å². The summed E-state index contributed by atoms with van der Waals surface area (Å²) in [6, 6.07) is 17.9. The Labute approximate surface area is 162 Å². The number of aromatic hydroxyl groups is 1. The summed E-state index contributed by atoms with van der Waals surface area (Å²) < 4.78 is 11.7. The molecule has 6 nitrogen and oxygen atoms in total. The molecule has 0 atom stereocenters. The van der Waals surface area contributed by atoms with Crippen molar-refractivity contribution in [2.75, 3.05) is 0 Å². The van der Waals surface area contributed by atoms with E-state index < -0.39 is 5.97 Å². The van der Waals surface area contributed by atoms with Crippen molar-refractivity contribution in [1.29, 1.82) is 0 Å². The standard InChI is InChI=1S/C20H13BrN2O4/c21-15-7-5-12(6-8-15)19-23-22-18(27-19)11-26-20(25)16-9-13-3-1-2-4-14(13)10-17(16)24/h1-10,24H,11H2. The van der Waals surface area contributed by atoms with Gasteiger partial charge in [-0.15, -0.1) is 10.2 Å². The third-order valence-electron chi connectivity index (χ3n) is 3.97. The summed E-state index contributed by atoms with van der Waals surface area (Å²) in [5.41, 5.74) is 0.844. The van der Waals surface area contributed by atoms with Crippen LogP contribution in [0, 0.1) is 0 Å². The smallest absolute Gasteiger partial charge is 0.342 e. The molecule has 0 fully saturated rings. The molecule has 0 unspecified atom stereocenters. The van der Waals surface area contributed by atoms with Crippen LogP contribution in [0.3, 0.4) is 0 Å². The van der Waals surface area contributed by atoms with Gasteiger partial charge in [-0.3, -0.25) is 0 Å². The molecular weight excluding hydrogens is 412 g/mol. The fourth-order valence-corrected chi connectivity index (χ4v) is 2.88. The molecule has 0 saturated carbocycles. The summed E-state index contributed by atoms with van der Waals surface area (Å²) in [6.45, 7) is -0.186. The zero-order valence-electron chi connectivity index (χ0n) is 13.9. The molecule has 1 N–H and O–H groups in total. The first-order valence-corrected chi connectivity index (χ1v) is 8.86. The van der Waals surface area contributed by atoms with Gasteiger partial charge >= 0.3 is 5.97 Å². The maximum Gasteiger partial charge on any atom is 0.342 e. The molecule has 1 aromatic heterocycles. The number of ether oxygens (including phenoxy) is 1. The van der Waals surface area contributed by atoms with Gasteiger partial charge in [-0.05, 0) is 47.2 Å². The van der Waals surface area contributed by atoms with Crippen molar-refractivity contribution in [3.05, 3.63) is 76.6 Å². The Hall–Kier alpha value is -3.19. The lowest BCUT2D eigenvalue weighted by atomic mass is 10.1. The number of phenols is 1. The van der Waals surface area contributed by atoms with Crippen molar-refractivity contribution >= 4 is 32.7 Å². The van der Waals surface area contributed by atoms with Gasteiger partial charge in [-0.2, -0.15) is 0 Å². The average molecular weight is 425 g/mol. The van der Waals surface area contributed by atoms with Crippen LogP contribution in [0.15, 0.2) is 69.6 Å². The quantitative estimate of drug-likeness (QED) is 0.477. The highest BCUT2D eigenvalue weighted by atomic mass is 79.9. The molecule has 0 saturated heterocycles. The second-order valence-corrected chi connectivity index (χ2v) is 6.72. The molecule has 1 heterocycles. The Bertz CT molecular complexity index is 1120. The van der Waals surface area contributed by atoms with Crippen molar-refractivity contribution in [2.45, 2.75) is 6.61 Å². The molecule has 134 valence electrons. The van der Waals surface area contributed by atoms with Gasteiger partial charge in [0, 0.05) is 10.0 Å². The highest BCUT2D eigenvalue weighted by molar-refractivity contribution is 9.10. The molecule has 4 rings (SSSR count). The molecule has 7 heteroatoms. The van der Waals surface area contributed by atoms with E-state index in [0.29, 0.717) is 5.89 Å². The number of hydrogen-bond acceptors (Lipinski definition) is 6. The van der Waals surface area contributed by atoms with Gasteiger partial charge in [0.25, 0.3) is 5.89 Å². The van der Waals surface area contributed by atoms with Gasteiger partial charge in [0.1, 0.15) is 11.3 Å². The molecule has 0 amide bonds. The van der Waals surface area contributed by atoms with Gasteiger partial charge in [0.05, 0.1) is 0 Å². The van der Waals surface area contributed by atoms with Crippen molar-refractivity contribution < 1.29 is 19.1 Å². The lowest BCUT2D eigenvalue weighted by Crippen LogP contribution is -2.06. The van der Waals surface area contributed by atoms with E-state index in [-0.39, 0.29) is 23.8 Å². The number of esters is 1. The van der Waals surface area contributed by atoms with Crippen LogP contribution in [0.25, 0.3) is 22.2 Å². The minimum Gasteiger partial charge on any atom is -0.507 e. The number of nitrogens with zero attached hydrogens (tertiary/aromatic N) is 2. The number of aromatic nitrogens is 2. The van der Waals surface area contributed by atoms with E-state index in [1.54, 1.807) is 6.07 Å². The summed E-state index contributed by atoms with van der Waals surface area (Å²) in [5.74, 6) is -0.301. The number of carbonyl (C=O) groups excluding carboxylic acids is 1. The Morgan fingerprint density at radius 2 is 1.74 bits per heavy atom. The van der Waals surface area contributed by atoms with E-state index in [9.17, 15) is 9.90 Å². The SMILES string of the molecule is O=C(OCc1nnc(-c2ccc(Br)cc2)o1)c1cc2ccccc2cc1O. The van der Waals surface area contributed by atoms with Crippen molar-refractivity contribution in [2.24, 2.45) is 0 Å². The highest BCUT2D eigenvalue weighted by Gasteiger charge is 2.16. The molecule has 0 spiro atoms. The van der Waals surface area contributed by atoms with E-state index in [1.807, 2.05) is 48.5 Å². The van der Waals surface area contributed by atoms with E-state index >= 15 is 0 Å². The van der Waals surface area contributed by atoms with Crippen LogP contribution in [-0.4, -0.2) is 21.3 Å². The van der Waals surface area contributed by atoms with Crippen molar-refractivity contribution in [1.82, 2.24) is 10.2 Å². The van der Waals surface area contributed by atoms with Gasteiger partial charge < -0.3 is 14.3 Å². The molecule has 0 aliphatic rings. The maximum absolute atomic E-state index is 12.3. The van der Waals surface area contributed by atoms with E-state index in [1.165, 1.54) is 6.07 Å². The van der Waals surface area contributed by atoms with Crippen molar-refractivity contribution in [3.8, 4) is 17.2 Å². The summed E-state index contributed by atoms with van der Waals surface area (Å²) in [4.78, 5) is 12.3. The monoisotopic (exact) mass is 424 g/mol. The summed E-state index contributed by atoms with van der Waals surface area (Å²) in [6.07, 6.45) is 0. The van der Waals surface area contributed by atoms with Crippen LogP contribution in [0.2, 0.25) is 0 Å². The van der Waals surface area contributed by atoms with E-state index in [0.717, 1.165) is 20.8 Å². The van der Waals surface area contributed by atoms with Gasteiger partial charge in [0.15, 0.2) is 6.61 Å². The maximum atomic E-state index is 12.3. The van der Waals surface area contributed by atoms with Gasteiger partial charge in [0.2, 0.25) is 5.89 Å². The van der Waals surface area contributed by atoms with E-state index in [4.69, 9.17) is 9.15 Å². The number of hydrogen-bond donors (Lipinski definition) is 1. The molecule has 0 aliphatic carbocycles. The molecular formula is C20H13BrN2O4. The summed E-state index contributed by atoms with van der Waals surface area (Å²) in [7, 11) is 0. The zero-order valence-corrected chi connectivity index (χ0v) is 15.5. The second kappa shape index (κ2) is 7.20. The number of benzene rings is 3. The molecule has 4 aromatic rings. The Morgan fingerprint density at radius 3 is 2.48 bits per heavy atom. The number of carbonyl (C=O) groups is 1. The first kappa shape index (κ1) is 17.2. The minimum absolute atomic E-state index is 0.0846. The second-order valence-electron chi connectivity index (χ2n) is 5.80. The van der Waals surface area contributed by atoms with Crippen LogP contribution in [0.4, 0.5) is 0 Å². The fourth-order valence-electron chi connectivity index (χ4n) is 2.62. The highest BCUT2D eigenvalue weighted by Crippen LogP contribution is 2.26. The van der Waals surface area contributed by atoms with Crippen LogP contribution in [-0.2, 0) is 11.3 Å². The summed E-state index contributed by atoms with van der Waals surface area (Å²) >= 11 is 3.36. The normalized spacial score (nSPS) is 10.9. The topological polar surface area (TPSA) is 85.5 Å². The Morgan fingerprint density at radius 1 is 1.04 bits per heavy atom. The summed E-state index contributed by atoms with van der Waals surface area (Å²) in [5, 5.41) is 19.6. The number of fused-ring (bicyclic) bond motifs is 1. The van der Waals surface area contributed by atoms with Crippen LogP contribution < -0.4 is 0 Å². The molecule has 3 aromatic carbocycles. The minimum atomic E-state index is -0.665. The van der Waals surface area contributed by atoms with Crippen molar-refractivity contribution in [3.63, 3.8) is 0 Å². The van der Waals surface area contributed by atoms with Crippen LogP contribution in [0.1, 0.15) is 16.2 Å². The van der Waals surface area contributed by atoms with Gasteiger partial charge in [-0.1, -0.05) is 40.2 Å². The number of rotatable bonds is 4. The predicted octanol–water partition coefficient (Wildman–Crippen LogP) is 4.71. The molecule has 0 bridgehead atoms. The third-order valence-corrected chi connectivity index (χ3v) is 4.50. The lowest BCUT2D eigenvalue weighted by molar-refractivity contribution is 0.0435. The zero-order chi connectivity index (χ0) is 18.8. The third kappa shape index (κ3) is 3.68. The lowest BCUT2D eigenvalue weighted by Gasteiger charge is -2.06. The largest absolute Gasteiger partial charge is 0.507 e. The molecule has 0 aliphatic heterocycles. The fraction of sp³-hybridized carbons (Fsp3) is 0.0500. The van der Waals surface area contributed by atoms with Crippen LogP contribution >= 0.6 is 15.9 Å². The number of phenolic OH excluding ortho intramolecular Hbond substituents is 1. The predicted molar refractivity (Wildman–Crippen MR) is 102 cm³/mol. The number of halogens is 1. The Balaban J connectivity index is 1.48.